The minimum atomic E-state index is -0.536. The average molecular weight is 542 g/mol. The van der Waals surface area contributed by atoms with Gasteiger partial charge in [0.25, 0.3) is 0 Å². The summed E-state index contributed by atoms with van der Waals surface area (Å²) in [6, 6.07) is 0. The van der Waals surface area contributed by atoms with E-state index >= 15 is 0 Å². The third kappa shape index (κ3) is 3.74. The van der Waals surface area contributed by atoms with Crippen LogP contribution in [0, 0.1) is 56.7 Å². The predicted molar refractivity (Wildman–Crippen MR) is 151 cm³/mol. The lowest BCUT2D eigenvalue weighted by atomic mass is 9.32. The molecule has 5 aliphatic rings. The van der Waals surface area contributed by atoms with Gasteiger partial charge in [-0.25, -0.2) is 4.79 Å². The van der Waals surface area contributed by atoms with E-state index in [2.05, 4.69) is 53.3 Å². The van der Waals surface area contributed by atoms with E-state index in [4.69, 9.17) is 9.47 Å². The fourth-order valence-electron chi connectivity index (χ4n) is 11.8. The summed E-state index contributed by atoms with van der Waals surface area (Å²) < 4.78 is 10.4. The predicted octanol–water partition coefficient (Wildman–Crippen LogP) is 7.19. The average Bonchev–Trinajstić information content (AvgIpc) is 3.28. The first-order valence-corrected chi connectivity index (χ1v) is 15.3. The zero-order valence-electron chi connectivity index (χ0n) is 25.4. The van der Waals surface area contributed by atoms with Gasteiger partial charge in [0.2, 0.25) is 0 Å². The van der Waals surface area contributed by atoms with Crippen molar-refractivity contribution < 1.29 is 24.3 Å². The fourth-order valence-corrected chi connectivity index (χ4v) is 11.8. The number of carbonyl (C=O) groups is 2. The van der Waals surface area contributed by atoms with Gasteiger partial charge in [0, 0.05) is 5.41 Å². The number of carbonyl (C=O) groups excluding carboxylic acids is 2. The highest BCUT2D eigenvalue weighted by Crippen LogP contribution is 2.77. The number of ether oxygens (including phenoxy) is 2. The zero-order chi connectivity index (χ0) is 28.6. The smallest absolute Gasteiger partial charge is 0.344 e. The van der Waals surface area contributed by atoms with E-state index in [1.54, 1.807) is 0 Å². The summed E-state index contributed by atoms with van der Waals surface area (Å²) in [5.74, 6) is 1.35. The number of esters is 2. The van der Waals surface area contributed by atoms with Crippen molar-refractivity contribution in [2.75, 3.05) is 13.7 Å². The lowest BCUT2D eigenvalue weighted by Gasteiger charge is -2.72. The van der Waals surface area contributed by atoms with Crippen molar-refractivity contribution >= 4 is 17.7 Å². The maximum atomic E-state index is 13.8. The molecule has 9 atom stereocenters. The monoisotopic (exact) mass is 541 g/mol. The molecule has 0 aromatic rings. The number of allylic oxidation sites excluding steroid dienone is 1. The third-order valence-corrected chi connectivity index (χ3v) is 13.9. The molecule has 6 nitrogen and oxygen atoms in total. The molecule has 0 saturated heterocycles. The zero-order valence-corrected chi connectivity index (χ0v) is 25.4. The lowest BCUT2D eigenvalue weighted by Crippen LogP contribution is -2.66. The molecule has 0 aliphatic heterocycles. The Morgan fingerprint density at radius 3 is 2.31 bits per heavy atom. The SMILES string of the molecule is C=C(C)[C@@H]1CCC2(C(=O)OCC(=O)OC)CC[C@]3(C)[C@H](CC[C@@H]4[C@@]5(C)CC/C(=N\O)C(C)(C)[C@@H]5CC[C@]43C)[C@@H]12. The summed E-state index contributed by atoms with van der Waals surface area (Å²) >= 11 is 0. The number of fused-ring (bicyclic) bond motifs is 7. The van der Waals surface area contributed by atoms with E-state index < -0.39 is 11.4 Å². The molecule has 5 fully saturated rings. The molecule has 0 aromatic heterocycles. The van der Waals surface area contributed by atoms with Crippen LogP contribution >= 0.6 is 0 Å². The molecule has 0 amide bonds. The Morgan fingerprint density at radius 2 is 1.67 bits per heavy atom. The van der Waals surface area contributed by atoms with Crippen LogP contribution in [0.15, 0.2) is 17.3 Å². The van der Waals surface area contributed by atoms with Crippen LogP contribution in [0.3, 0.4) is 0 Å². The van der Waals surface area contributed by atoms with E-state index in [9.17, 15) is 14.8 Å². The summed E-state index contributed by atoms with van der Waals surface area (Å²) in [6.45, 7) is 18.5. The molecule has 5 saturated carbocycles. The molecule has 39 heavy (non-hydrogen) atoms. The van der Waals surface area contributed by atoms with Crippen molar-refractivity contribution in [1.82, 2.24) is 0 Å². The number of nitrogens with zero attached hydrogens (tertiary/aromatic N) is 1. The summed E-state index contributed by atoms with van der Waals surface area (Å²) in [5, 5.41) is 13.6. The summed E-state index contributed by atoms with van der Waals surface area (Å²) in [7, 11) is 1.33. The Balaban J connectivity index is 1.51. The molecule has 218 valence electrons. The number of oxime groups is 1. The van der Waals surface area contributed by atoms with Crippen molar-refractivity contribution in [3.05, 3.63) is 12.2 Å². The highest BCUT2D eigenvalue weighted by atomic mass is 16.6. The van der Waals surface area contributed by atoms with Gasteiger partial charge in [-0.1, -0.05) is 51.9 Å². The van der Waals surface area contributed by atoms with Crippen LogP contribution in [0.5, 0.6) is 0 Å². The van der Waals surface area contributed by atoms with Crippen molar-refractivity contribution in [3.8, 4) is 0 Å². The van der Waals surface area contributed by atoms with Gasteiger partial charge >= 0.3 is 11.9 Å². The Labute approximate surface area is 235 Å². The second kappa shape index (κ2) is 9.34. The largest absolute Gasteiger partial charge is 0.466 e. The van der Waals surface area contributed by atoms with Gasteiger partial charge < -0.3 is 14.7 Å². The molecule has 1 unspecified atom stereocenters. The Bertz CT molecular complexity index is 1080. The molecule has 5 aliphatic carbocycles. The van der Waals surface area contributed by atoms with Crippen LogP contribution < -0.4 is 0 Å². The number of hydrogen-bond donors (Lipinski definition) is 1. The topological polar surface area (TPSA) is 85.2 Å². The molecular weight excluding hydrogens is 490 g/mol. The number of hydrogen-bond acceptors (Lipinski definition) is 6. The van der Waals surface area contributed by atoms with E-state index in [-0.39, 0.29) is 40.2 Å². The van der Waals surface area contributed by atoms with Gasteiger partial charge in [0.15, 0.2) is 6.61 Å². The van der Waals surface area contributed by atoms with E-state index in [0.717, 1.165) is 57.1 Å². The van der Waals surface area contributed by atoms with Crippen molar-refractivity contribution in [2.24, 2.45) is 61.8 Å². The van der Waals surface area contributed by atoms with Gasteiger partial charge in [-0.3, -0.25) is 4.79 Å². The number of rotatable bonds is 4. The first kappa shape index (κ1) is 28.7. The second-order valence-electron chi connectivity index (χ2n) is 15.3. The normalized spacial score (nSPS) is 47.3. The Kier molecular flexibility index (Phi) is 6.87. The Hall–Kier alpha value is -1.85. The van der Waals surface area contributed by atoms with Gasteiger partial charge in [-0.05, 0) is 117 Å². The minimum Gasteiger partial charge on any atom is -0.466 e. The minimum absolute atomic E-state index is 0.0948. The third-order valence-electron chi connectivity index (χ3n) is 13.9. The van der Waals surface area contributed by atoms with Crippen LogP contribution in [-0.2, 0) is 19.1 Å². The first-order chi connectivity index (χ1) is 18.2. The van der Waals surface area contributed by atoms with Crippen molar-refractivity contribution in [3.63, 3.8) is 0 Å². The van der Waals surface area contributed by atoms with Crippen LogP contribution in [0.25, 0.3) is 0 Å². The quantitative estimate of drug-likeness (QED) is 0.176. The van der Waals surface area contributed by atoms with Crippen LogP contribution in [-0.4, -0.2) is 36.6 Å². The van der Waals surface area contributed by atoms with Gasteiger partial charge in [0.05, 0.1) is 18.2 Å². The molecule has 0 aromatic carbocycles. The van der Waals surface area contributed by atoms with Crippen molar-refractivity contribution in [2.45, 2.75) is 106 Å². The summed E-state index contributed by atoms with van der Waals surface area (Å²) in [6.07, 6.45) is 10.2. The maximum Gasteiger partial charge on any atom is 0.344 e. The Morgan fingerprint density at radius 1 is 0.949 bits per heavy atom. The molecule has 6 heteroatoms. The van der Waals surface area contributed by atoms with Crippen LogP contribution in [0.4, 0.5) is 0 Å². The molecule has 0 spiro atoms. The van der Waals surface area contributed by atoms with E-state index in [1.165, 1.54) is 25.5 Å². The number of methoxy groups -OCH3 is 1. The molecule has 0 bridgehead atoms. The maximum absolute atomic E-state index is 13.8. The van der Waals surface area contributed by atoms with Gasteiger partial charge in [-0.15, -0.1) is 0 Å². The lowest BCUT2D eigenvalue weighted by molar-refractivity contribution is -0.231. The first-order valence-electron chi connectivity index (χ1n) is 15.3. The second-order valence-corrected chi connectivity index (χ2v) is 15.3. The highest BCUT2D eigenvalue weighted by Gasteiger charge is 2.72. The van der Waals surface area contributed by atoms with Crippen LogP contribution in [0.1, 0.15) is 106 Å². The van der Waals surface area contributed by atoms with E-state index in [1.807, 2.05) is 0 Å². The fraction of sp³-hybridized carbons (Fsp3) is 0.848. The van der Waals surface area contributed by atoms with Gasteiger partial charge in [-0.2, -0.15) is 0 Å². The van der Waals surface area contributed by atoms with Crippen LogP contribution in [0.2, 0.25) is 0 Å². The molecule has 1 N–H and O–H groups in total. The summed E-state index contributed by atoms with van der Waals surface area (Å²) in [5.41, 5.74) is 2.02. The van der Waals surface area contributed by atoms with E-state index in [0.29, 0.717) is 23.7 Å². The molecule has 0 heterocycles. The van der Waals surface area contributed by atoms with Gasteiger partial charge in [0.1, 0.15) is 0 Å². The molecule has 5 rings (SSSR count). The molecule has 0 radical (unpaired) electrons. The highest BCUT2D eigenvalue weighted by molar-refractivity contribution is 5.90. The van der Waals surface area contributed by atoms with Crippen molar-refractivity contribution in [1.29, 1.82) is 0 Å². The molecular formula is C33H51NO5. The summed E-state index contributed by atoms with van der Waals surface area (Å²) in [4.78, 5) is 25.6. The standard InChI is InChI=1S/C33H51NO5/c1-20(2)21-11-16-33(28(36)39-19-26(35)38-8)18-17-31(6)22(27(21)33)9-10-24-30(5)14-13-25(34-37)29(3,4)23(30)12-15-32(24,31)7/h21-24,27,37H,1,9-19H2,2-8H3/b34-25+/t21-,22+,23-,24+,27+,30-,31+,32+,33?/m0/s1.